The van der Waals surface area contributed by atoms with Crippen LogP contribution in [0.2, 0.25) is 0 Å². The van der Waals surface area contributed by atoms with Gasteiger partial charge in [-0.1, -0.05) is 50.3 Å². The van der Waals surface area contributed by atoms with Gasteiger partial charge in [0.15, 0.2) is 0 Å². The van der Waals surface area contributed by atoms with Crippen molar-refractivity contribution in [2.75, 3.05) is 0 Å². The van der Waals surface area contributed by atoms with Crippen molar-refractivity contribution in [1.29, 1.82) is 0 Å². The molecule has 1 unspecified atom stereocenters. The number of carbonyl (C=O) groups excluding carboxylic acids is 4. The number of primary amides is 1. The van der Waals surface area contributed by atoms with E-state index < -0.39 is 47.7 Å². The molecule has 0 heterocycles. The number of nitrogens with two attached hydrogens (primary N) is 1. The van der Waals surface area contributed by atoms with Gasteiger partial charge in [-0.05, 0) is 37.3 Å². The molecule has 0 aliphatic rings. The first-order chi connectivity index (χ1) is 15.9. The van der Waals surface area contributed by atoms with Crippen molar-refractivity contribution in [3.63, 3.8) is 0 Å². The van der Waals surface area contributed by atoms with Gasteiger partial charge < -0.3 is 26.8 Å². The van der Waals surface area contributed by atoms with Crippen LogP contribution in [0, 0.1) is 12.8 Å². The first-order valence-corrected chi connectivity index (χ1v) is 11.0. The zero-order valence-corrected chi connectivity index (χ0v) is 19.8. The van der Waals surface area contributed by atoms with Crippen LogP contribution in [-0.4, -0.2) is 52.8 Å². The third kappa shape index (κ3) is 10.3. The smallest absolute Gasteiger partial charge is 0.326 e. The fraction of sp³-hybridized carbons (Fsp3) is 0.458. The summed E-state index contributed by atoms with van der Waals surface area (Å²) in [6, 6.07) is 3.92. The predicted octanol–water partition coefficient (Wildman–Crippen LogP) is 0.574. The minimum absolute atomic E-state index is 0.0649. The van der Waals surface area contributed by atoms with Gasteiger partial charge in [-0.2, -0.15) is 0 Å². The number of carboxylic acids is 1. The molecule has 0 aromatic heterocycles. The topological polar surface area (TPSA) is 168 Å². The summed E-state index contributed by atoms with van der Waals surface area (Å²) < 4.78 is 0. The standard InChI is InChI=1S/C24H34N4O6/c1-5-21(30)26-18(11-14(2)3)22(31)28-19(13-16-8-6-7-15(4)12-16)23(32)27-17(24(33)34)9-10-20(25)29/h5-8,12,14,17-19H,1,9-11,13H2,2-4H3,(H2,25,29)(H,26,30)(H,27,32)(H,28,31)(H,33,34)/t17-,18?,19-/m0/s1. The maximum Gasteiger partial charge on any atom is 0.326 e. The van der Waals surface area contributed by atoms with Crippen LogP contribution in [0.15, 0.2) is 36.9 Å². The van der Waals surface area contributed by atoms with Crippen LogP contribution in [0.25, 0.3) is 0 Å². The highest BCUT2D eigenvalue weighted by molar-refractivity contribution is 5.95. The van der Waals surface area contributed by atoms with Crippen molar-refractivity contribution >= 4 is 29.6 Å². The summed E-state index contributed by atoms with van der Waals surface area (Å²) >= 11 is 0. The predicted molar refractivity (Wildman–Crippen MR) is 126 cm³/mol. The fourth-order valence-corrected chi connectivity index (χ4v) is 3.31. The lowest BCUT2D eigenvalue weighted by atomic mass is 10.00. The van der Waals surface area contributed by atoms with Gasteiger partial charge in [-0.3, -0.25) is 19.2 Å². The summed E-state index contributed by atoms with van der Waals surface area (Å²) in [6.45, 7) is 9.03. The van der Waals surface area contributed by atoms with Crippen LogP contribution < -0.4 is 21.7 Å². The number of benzene rings is 1. The second-order valence-electron chi connectivity index (χ2n) is 8.55. The first-order valence-electron chi connectivity index (χ1n) is 11.0. The largest absolute Gasteiger partial charge is 0.480 e. The Labute approximate surface area is 199 Å². The molecule has 0 aliphatic carbocycles. The highest BCUT2D eigenvalue weighted by atomic mass is 16.4. The van der Waals surface area contributed by atoms with E-state index in [9.17, 15) is 29.1 Å². The van der Waals surface area contributed by atoms with E-state index in [1.54, 1.807) is 12.1 Å². The van der Waals surface area contributed by atoms with Gasteiger partial charge in [0.05, 0.1) is 0 Å². The minimum atomic E-state index is -1.36. The van der Waals surface area contributed by atoms with E-state index in [2.05, 4.69) is 22.5 Å². The van der Waals surface area contributed by atoms with Crippen LogP contribution in [-0.2, 0) is 30.4 Å². The molecule has 3 atom stereocenters. The second kappa shape index (κ2) is 13.8. The Hall–Kier alpha value is -3.69. The van der Waals surface area contributed by atoms with E-state index in [0.29, 0.717) is 6.42 Å². The van der Waals surface area contributed by atoms with Crippen molar-refractivity contribution in [2.45, 2.75) is 64.6 Å². The minimum Gasteiger partial charge on any atom is -0.480 e. The Balaban J connectivity index is 3.14. The Morgan fingerprint density at radius 1 is 1.03 bits per heavy atom. The zero-order chi connectivity index (χ0) is 25.8. The lowest BCUT2D eigenvalue weighted by molar-refractivity contribution is -0.142. The zero-order valence-electron chi connectivity index (χ0n) is 19.8. The SMILES string of the molecule is C=CC(=O)NC(CC(C)C)C(=O)N[C@@H](Cc1cccc(C)c1)C(=O)N[C@@H](CCC(N)=O)C(=O)O. The van der Waals surface area contributed by atoms with Crippen LogP contribution in [0.4, 0.5) is 0 Å². The summed E-state index contributed by atoms with van der Waals surface area (Å²) in [6.07, 6.45) is 1.04. The number of amides is 4. The molecule has 0 fully saturated rings. The van der Waals surface area contributed by atoms with Gasteiger partial charge in [0.1, 0.15) is 18.1 Å². The number of rotatable bonds is 14. The summed E-state index contributed by atoms with van der Waals surface area (Å²) in [7, 11) is 0. The van der Waals surface area contributed by atoms with Gasteiger partial charge in [0.25, 0.3) is 0 Å². The monoisotopic (exact) mass is 474 g/mol. The van der Waals surface area contributed by atoms with E-state index in [4.69, 9.17) is 5.73 Å². The molecule has 186 valence electrons. The van der Waals surface area contributed by atoms with E-state index in [1.165, 1.54) is 0 Å². The Bertz CT molecular complexity index is 914. The van der Waals surface area contributed by atoms with E-state index >= 15 is 0 Å². The summed E-state index contributed by atoms with van der Waals surface area (Å²) in [5.74, 6) is -3.80. The molecule has 10 heteroatoms. The maximum atomic E-state index is 13.0. The molecular formula is C24H34N4O6. The molecule has 0 saturated heterocycles. The number of aliphatic carboxylic acids is 1. The number of hydrogen-bond donors (Lipinski definition) is 5. The Morgan fingerprint density at radius 2 is 1.65 bits per heavy atom. The van der Waals surface area contributed by atoms with Gasteiger partial charge >= 0.3 is 5.97 Å². The van der Waals surface area contributed by atoms with E-state index in [-0.39, 0.29) is 25.2 Å². The number of aryl methyl sites for hydroxylation is 1. The molecule has 4 amide bonds. The first kappa shape index (κ1) is 28.3. The number of carbonyl (C=O) groups is 5. The van der Waals surface area contributed by atoms with Gasteiger partial charge in [0.2, 0.25) is 23.6 Å². The van der Waals surface area contributed by atoms with E-state index in [0.717, 1.165) is 17.2 Å². The number of hydrogen-bond acceptors (Lipinski definition) is 5. The van der Waals surface area contributed by atoms with Crippen LogP contribution >= 0.6 is 0 Å². The number of carboxylic acid groups (broad SMARTS) is 1. The van der Waals surface area contributed by atoms with Gasteiger partial charge in [-0.25, -0.2) is 4.79 Å². The highest BCUT2D eigenvalue weighted by Crippen LogP contribution is 2.10. The van der Waals surface area contributed by atoms with Crippen molar-refractivity contribution in [1.82, 2.24) is 16.0 Å². The summed E-state index contributed by atoms with van der Waals surface area (Å²) in [4.78, 5) is 60.5. The molecule has 0 radical (unpaired) electrons. The molecule has 1 aromatic carbocycles. The van der Waals surface area contributed by atoms with Crippen LogP contribution in [0.5, 0.6) is 0 Å². The lowest BCUT2D eigenvalue weighted by Gasteiger charge is -2.25. The second-order valence-corrected chi connectivity index (χ2v) is 8.55. The van der Waals surface area contributed by atoms with Crippen molar-refractivity contribution in [3.05, 3.63) is 48.0 Å². The fourth-order valence-electron chi connectivity index (χ4n) is 3.31. The molecule has 10 nitrogen and oxygen atoms in total. The van der Waals surface area contributed by atoms with Crippen molar-refractivity contribution in [3.8, 4) is 0 Å². The average Bonchev–Trinajstić information content (AvgIpc) is 2.74. The van der Waals surface area contributed by atoms with Crippen LogP contribution in [0.1, 0.15) is 44.2 Å². The third-order valence-electron chi connectivity index (χ3n) is 4.97. The molecule has 34 heavy (non-hydrogen) atoms. The summed E-state index contributed by atoms with van der Waals surface area (Å²) in [5, 5.41) is 17.0. The third-order valence-corrected chi connectivity index (χ3v) is 4.97. The molecule has 0 saturated carbocycles. The van der Waals surface area contributed by atoms with Gasteiger partial charge in [-0.15, -0.1) is 0 Å². The van der Waals surface area contributed by atoms with Crippen molar-refractivity contribution < 1.29 is 29.1 Å². The average molecular weight is 475 g/mol. The Kier molecular flexibility index (Phi) is 11.5. The molecule has 1 aromatic rings. The Morgan fingerprint density at radius 3 is 2.18 bits per heavy atom. The normalized spacial score (nSPS) is 13.3. The van der Waals surface area contributed by atoms with Gasteiger partial charge in [0, 0.05) is 12.8 Å². The molecule has 0 spiro atoms. The molecule has 6 N–H and O–H groups in total. The highest BCUT2D eigenvalue weighted by Gasteiger charge is 2.30. The van der Waals surface area contributed by atoms with E-state index in [1.807, 2.05) is 32.9 Å². The molecule has 0 aliphatic heterocycles. The molecular weight excluding hydrogens is 440 g/mol. The van der Waals surface area contributed by atoms with Crippen LogP contribution in [0.3, 0.4) is 0 Å². The summed E-state index contributed by atoms with van der Waals surface area (Å²) in [5.41, 5.74) is 6.79. The quantitative estimate of drug-likeness (QED) is 0.247. The van der Waals surface area contributed by atoms with Crippen molar-refractivity contribution in [2.24, 2.45) is 11.7 Å². The molecule has 0 bridgehead atoms. The molecule has 1 rings (SSSR count). The lowest BCUT2D eigenvalue weighted by Crippen LogP contribution is -2.56. The number of nitrogens with one attached hydrogen (secondary N) is 3. The maximum absolute atomic E-state index is 13.0.